The zero-order chi connectivity index (χ0) is 17.9. The van der Waals surface area contributed by atoms with Gasteiger partial charge in [-0.1, -0.05) is 0 Å². The van der Waals surface area contributed by atoms with Crippen LogP contribution in [0.1, 0.15) is 31.2 Å². The molecule has 1 aromatic carbocycles. The highest BCUT2D eigenvalue weighted by atomic mass is 19.1. The molecule has 2 fully saturated rings. The maximum Gasteiger partial charge on any atom is 0.137 e. The van der Waals surface area contributed by atoms with Crippen LogP contribution in [-0.4, -0.2) is 53.8 Å². The summed E-state index contributed by atoms with van der Waals surface area (Å²) in [5, 5.41) is 4.39. The number of morpholine rings is 1. The monoisotopic (exact) mass is 358 g/mol. The number of nitrogens with one attached hydrogen (secondary N) is 1. The van der Waals surface area contributed by atoms with Crippen molar-refractivity contribution < 1.29 is 9.13 Å². The molecule has 0 atom stereocenters. The van der Waals surface area contributed by atoms with E-state index in [4.69, 9.17) is 4.74 Å². The third-order valence-electron chi connectivity index (χ3n) is 5.85. The number of hydrogen-bond acceptors (Lipinski definition) is 5. The molecule has 1 aromatic heterocycles. The van der Waals surface area contributed by atoms with Crippen LogP contribution in [0.5, 0.6) is 0 Å². The summed E-state index contributed by atoms with van der Waals surface area (Å²) < 4.78 is 19.2. The Morgan fingerprint density at radius 1 is 1.15 bits per heavy atom. The van der Waals surface area contributed by atoms with E-state index in [0.717, 1.165) is 50.1 Å². The fourth-order valence-electron chi connectivity index (χ4n) is 4.22. The lowest BCUT2D eigenvalue weighted by Crippen LogP contribution is -2.45. The minimum atomic E-state index is -0.219. The molecule has 1 aliphatic heterocycles. The average Bonchev–Trinajstić information content (AvgIpc) is 2.68. The van der Waals surface area contributed by atoms with E-state index in [-0.39, 0.29) is 5.82 Å². The number of nitrogens with zero attached hydrogens (tertiary/aromatic N) is 3. The first-order valence-corrected chi connectivity index (χ1v) is 9.67. The predicted octanol–water partition coefficient (Wildman–Crippen LogP) is 3.38. The number of anilines is 1. The van der Waals surface area contributed by atoms with E-state index in [0.29, 0.717) is 17.0 Å². The van der Waals surface area contributed by atoms with Gasteiger partial charge in [0.25, 0.3) is 0 Å². The Morgan fingerprint density at radius 2 is 1.92 bits per heavy atom. The number of fused-ring (bicyclic) bond motifs is 1. The maximum atomic E-state index is 13.8. The lowest BCUT2D eigenvalue weighted by Gasteiger charge is -2.38. The Morgan fingerprint density at radius 3 is 2.69 bits per heavy atom. The van der Waals surface area contributed by atoms with Gasteiger partial charge in [-0.2, -0.15) is 0 Å². The van der Waals surface area contributed by atoms with E-state index in [2.05, 4.69) is 20.2 Å². The number of hydrogen-bond donors (Lipinski definition) is 1. The number of rotatable bonds is 4. The summed E-state index contributed by atoms with van der Waals surface area (Å²) in [5.74, 6) is 1.26. The molecule has 26 heavy (non-hydrogen) atoms. The molecular formula is C20H27FN4O. The molecule has 5 nitrogen and oxygen atoms in total. The van der Waals surface area contributed by atoms with E-state index < -0.39 is 0 Å². The van der Waals surface area contributed by atoms with Crippen LogP contribution in [0.2, 0.25) is 0 Å². The van der Waals surface area contributed by atoms with Crippen molar-refractivity contribution in [3.8, 4) is 0 Å². The Labute approximate surface area is 154 Å². The number of halogens is 1. The minimum absolute atomic E-state index is 0.219. The number of aryl methyl sites for hydroxylation is 1. The maximum absolute atomic E-state index is 13.8. The lowest BCUT2D eigenvalue weighted by molar-refractivity contribution is 0.00540. The third-order valence-corrected chi connectivity index (χ3v) is 5.85. The average molecular weight is 358 g/mol. The molecule has 4 rings (SSSR count). The van der Waals surface area contributed by atoms with Gasteiger partial charge in [0.05, 0.1) is 18.7 Å². The van der Waals surface area contributed by atoms with E-state index >= 15 is 0 Å². The second kappa shape index (κ2) is 7.84. The van der Waals surface area contributed by atoms with Crippen LogP contribution in [0.15, 0.2) is 18.5 Å². The second-order valence-electron chi connectivity index (χ2n) is 7.54. The van der Waals surface area contributed by atoms with Gasteiger partial charge in [-0.25, -0.2) is 14.4 Å². The summed E-state index contributed by atoms with van der Waals surface area (Å²) in [7, 11) is 0. The largest absolute Gasteiger partial charge is 0.379 e. The first-order chi connectivity index (χ1) is 12.7. The Kier molecular flexibility index (Phi) is 5.31. The fourth-order valence-corrected chi connectivity index (χ4v) is 4.22. The zero-order valence-corrected chi connectivity index (χ0v) is 15.4. The lowest BCUT2D eigenvalue weighted by atomic mass is 9.85. The smallest absolute Gasteiger partial charge is 0.137 e. The van der Waals surface area contributed by atoms with Crippen LogP contribution in [0.25, 0.3) is 10.9 Å². The molecule has 0 spiro atoms. The highest BCUT2D eigenvalue weighted by Crippen LogP contribution is 2.29. The van der Waals surface area contributed by atoms with Gasteiger partial charge in [0.1, 0.15) is 18.0 Å². The topological polar surface area (TPSA) is 50.3 Å². The van der Waals surface area contributed by atoms with Crippen LogP contribution in [0, 0.1) is 18.7 Å². The van der Waals surface area contributed by atoms with Gasteiger partial charge in [0.2, 0.25) is 0 Å². The number of ether oxygens (including phenoxy) is 1. The van der Waals surface area contributed by atoms with Gasteiger partial charge in [-0.3, -0.25) is 4.90 Å². The molecule has 2 aliphatic rings. The summed E-state index contributed by atoms with van der Waals surface area (Å²) in [4.78, 5) is 11.2. The summed E-state index contributed by atoms with van der Waals surface area (Å²) >= 11 is 0. The predicted molar refractivity (Wildman–Crippen MR) is 101 cm³/mol. The van der Waals surface area contributed by atoms with Crippen LogP contribution in [0.3, 0.4) is 0 Å². The Bertz CT molecular complexity index is 755. The Hall–Kier alpha value is -1.79. The van der Waals surface area contributed by atoms with Gasteiger partial charge in [0.15, 0.2) is 0 Å². The molecule has 0 radical (unpaired) electrons. The highest BCUT2D eigenvalue weighted by Gasteiger charge is 2.26. The van der Waals surface area contributed by atoms with Crippen LogP contribution in [-0.2, 0) is 4.74 Å². The number of aromatic nitrogens is 2. The summed E-state index contributed by atoms with van der Waals surface area (Å²) in [5.41, 5.74) is 1.28. The molecule has 140 valence electrons. The number of benzene rings is 1. The molecular weight excluding hydrogens is 331 g/mol. The van der Waals surface area contributed by atoms with Gasteiger partial charge < -0.3 is 10.1 Å². The fraction of sp³-hybridized carbons (Fsp3) is 0.600. The first-order valence-electron chi connectivity index (χ1n) is 9.67. The van der Waals surface area contributed by atoms with Crippen LogP contribution in [0.4, 0.5) is 10.2 Å². The van der Waals surface area contributed by atoms with Crippen molar-refractivity contribution in [2.24, 2.45) is 5.92 Å². The molecule has 0 amide bonds. The van der Waals surface area contributed by atoms with Gasteiger partial charge in [0, 0.05) is 37.1 Å². The van der Waals surface area contributed by atoms with Crippen LogP contribution >= 0.6 is 0 Å². The molecule has 1 saturated heterocycles. The van der Waals surface area contributed by atoms with E-state index in [1.807, 2.05) is 6.07 Å². The van der Waals surface area contributed by atoms with Crippen molar-refractivity contribution >= 4 is 16.7 Å². The summed E-state index contributed by atoms with van der Waals surface area (Å²) in [6.07, 6.45) is 6.52. The van der Waals surface area contributed by atoms with Crippen molar-refractivity contribution in [2.45, 2.75) is 38.6 Å². The van der Waals surface area contributed by atoms with Gasteiger partial charge >= 0.3 is 0 Å². The van der Waals surface area contributed by atoms with E-state index in [9.17, 15) is 4.39 Å². The third kappa shape index (κ3) is 3.81. The minimum Gasteiger partial charge on any atom is -0.379 e. The quantitative estimate of drug-likeness (QED) is 0.908. The zero-order valence-electron chi connectivity index (χ0n) is 15.4. The molecule has 1 saturated carbocycles. The van der Waals surface area contributed by atoms with E-state index in [1.165, 1.54) is 38.1 Å². The van der Waals surface area contributed by atoms with Crippen molar-refractivity contribution in [3.05, 3.63) is 29.8 Å². The van der Waals surface area contributed by atoms with E-state index in [1.54, 1.807) is 6.92 Å². The normalized spacial score (nSPS) is 24.7. The molecule has 0 unspecified atom stereocenters. The summed E-state index contributed by atoms with van der Waals surface area (Å²) in [6.45, 7) is 6.61. The highest BCUT2D eigenvalue weighted by molar-refractivity contribution is 5.89. The van der Waals surface area contributed by atoms with Crippen molar-refractivity contribution in [3.63, 3.8) is 0 Å². The molecule has 2 aromatic rings. The standard InChI is InChI=1S/C20H27FN4O/c1-14-10-17-19(11-18(14)21)23-13-24-20(17)22-12-15-2-4-16(5-3-15)25-6-8-26-9-7-25/h10-11,13,15-16H,2-9,12H2,1H3,(H,22,23,24). The molecule has 1 aliphatic carbocycles. The van der Waals surface area contributed by atoms with Crippen molar-refractivity contribution in [2.75, 3.05) is 38.2 Å². The second-order valence-corrected chi connectivity index (χ2v) is 7.54. The summed E-state index contributed by atoms with van der Waals surface area (Å²) in [6, 6.07) is 4.05. The van der Waals surface area contributed by atoms with Crippen molar-refractivity contribution in [1.82, 2.24) is 14.9 Å². The van der Waals surface area contributed by atoms with Gasteiger partial charge in [-0.15, -0.1) is 0 Å². The van der Waals surface area contributed by atoms with Gasteiger partial charge in [-0.05, 0) is 50.2 Å². The molecule has 2 heterocycles. The van der Waals surface area contributed by atoms with Crippen LogP contribution < -0.4 is 5.32 Å². The molecule has 0 bridgehead atoms. The van der Waals surface area contributed by atoms with Crippen molar-refractivity contribution in [1.29, 1.82) is 0 Å². The first kappa shape index (κ1) is 17.6. The SMILES string of the molecule is Cc1cc2c(NCC3CCC(N4CCOCC4)CC3)ncnc2cc1F. The molecule has 1 N–H and O–H groups in total. The Balaban J connectivity index is 1.35. The molecule has 6 heteroatoms.